The number of pyridine rings is 1. The number of nitrogens with one attached hydrogen (secondary N) is 1. The van der Waals surface area contributed by atoms with Gasteiger partial charge in [0.1, 0.15) is 5.52 Å². The highest BCUT2D eigenvalue weighted by Crippen LogP contribution is 2.19. The normalized spacial score (nSPS) is 17.3. The van der Waals surface area contributed by atoms with Crippen LogP contribution in [0.5, 0.6) is 0 Å². The first kappa shape index (κ1) is 12.2. The number of aromatic nitrogens is 1. The van der Waals surface area contributed by atoms with Crippen LogP contribution >= 0.6 is 0 Å². The summed E-state index contributed by atoms with van der Waals surface area (Å²) in [6, 6.07) is 5.63. The lowest BCUT2D eigenvalue weighted by Gasteiger charge is -2.14. The van der Waals surface area contributed by atoms with Gasteiger partial charge in [-0.1, -0.05) is 25.7 Å². The fourth-order valence-electron chi connectivity index (χ4n) is 2.66. The SMILES string of the molecule is O=C(NC1CCCCCC1)c1cc2ncccc2o1. The second-order valence-corrected chi connectivity index (χ2v) is 5.16. The minimum Gasteiger partial charge on any atom is -0.449 e. The molecule has 0 bridgehead atoms. The van der Waals surface area contributed by atoms with E-state index in [4.69, 9.17) is 4.42 Å². The van der Waals surface area contributed by atoms with Crippen LogP contribution in [0, 0.1) is 0 Å². The average molecular weight is 258 g/mol. The summed E-state index contributed by atoms with van der Waals surface area (Å²) in [6.07, 6.45) is 8.81. The van der Waals surface area contributed by atoms with Crippen molar-refractivity contribution in [2.75, 3.05) is 0 Å². The van der Waals surface area contributed by atoms with Crippen LogP contribution in [0.25, 0.3) is 11.1 Å². The van der Waals surface area contributed by atoms with Gasteiger partial charge in [-0.25, -0.2) is 0 Å². The second-order valence-electron chi connectivity index (χ2n) is 5.16. The Morgan fingerprint density at radius 1 is 1.26 bits per heavy atom. The van der Waals surface area contributed by atoms with E-state index in [0.29, 0.717) is 11.3 Å². The third-order valence-electron chi connectivity index (χ3n) is 3.70. The zero-order valence-electron chi connectivity index (χ0n) is 10.9. The van der Waals surface area contributed by atoms with Gasteiger partial charge in [-0.05, 0) is 25.0 Å². The predicted molar refractivity (Wildman–Crippen MR) is 73.0 cm³/mol. The van der Waals surface area contributed by atoms with Crippen molar-refractivity contribution in [1.29, 1.82) is 0 Å². The zero-order chi connectivity index (χ0) is 13.1. The summed E-state index contributed by atoms with van der Waals surface area (Å²) < 4.78 is 5.53. The van der Waals surface area contributed by atoms with Gasteiger partial charge in [0.05, 0.1) is 0 Å². The van der Waals surface area contributed by atoms with Crippen LogP contribution in [0.4, 0.5) is 0 Å². The molecular formula is C15H18N2O2. The molecule has 1 aliphatic rings. The summed E-state index contributed by atoms with van der Waals surface area (Å²) >= 11 is 0. The van der Waals surface area contributed by atoms with Crippen LogP contribution in [-0.2, 0) is 0 Å². The predicted octanol–water partition coefficient (Wildman–Crippen LogP) is 3.28. The monoisotopic (exact) mass is 258 g/mol. The molecule has 0 unspecified atom stereocenters. The number of furan rings is 1. The van der Waals surface area contributed by atoms with Crippen molar-refractivity contribution in [3.05, 3.63) is 30.2 Å². The van der Waals surface area contributed by atoms with E-state index in [9.17, 15) is 4.79 Å². The fraction of sp³-hybridized carbons (Fsp3) is 0.467. The molecule has 0 radical (unpaired) electrons. The third-order valence-corrected chi connectivity index (χ3v) is 3.70. The first-order valence-electron chi connectivity index (χ1n) is 6.98. The molecule has 0 saturated heterocycles. The number of carbonyl (C=O) groups excluding carboxylic acids is 1. The summed E-state index contributed by atoms with van der Waals surface area (Å²) in [7, 11) is 0. The number of rotatable bonds is 2. The van der Waals surface area contributed by atoms with Crippen molar-refractivity contribution in [3.8, 4) is 0 Å². The second kappa shape index (κ2) is 5.43. The van der Waals surface area contributed by atoms with Crippen molar-refractivity contribution < 1.29 is 9.21 Å². The van der Waals surface area contributed by atoms with Gasteiger partial charge in [-0.15, -0.1) is 0 Å². The quantitative estimate of drug-likeness (QED) is 0.841. The van der Waals surface area contributed by atoms with Crippen LogP contribution in [-0.4, -0.2) is 16.9 Å². The molecule has 0 atom stereocenters. The van der Waals surface area contributed by atoms with E-state index in [1.807, 2.05) is 6.07 Å². The molecule has 2 aromatic heterocycles. The highest BCUT2D eigenvalue weighted by molar-refractivity contribution is 5.95. The standard InChI is InChI=1S/C15H18N2O2/c18-15(17-11-6-3-1-2-4-7-11)14-10-12-13(19-14)8-5-9-16-12/h5,8-11H,1-4,6-7H2,(H,17,18). The Hall–Kier alpha value is -1.84. The van der Waals surface area contributed by atoms with E-state index in [-0.39, 0.29) is 11.9 Å². The summed E-state index contributed by atoms with van der Waals surface area (Å²) in [4.78, 5) is 16.3. The number of carbonyl (C=O) groups is 1. The lowest BCUT2D eigenvalue weighted by Crippen LogP contribution is -2.34. The molecule has 4 heteroatoms. The first-order valence-corrected chi connectivity index (χ1v) is 6.98. The molecule has 1 saturated carbocycles. The van der Waals surface area contributed by atoms with E-state index >= 15 is 0 Å². The number of fused-ring (bicyclic) bond motifs is 1. The molecule has 2 aromatic rings. The van der Waals surface area contributed by atoms with Gasteiger partial charge < -0.3 is 9.73 Å². The van der Waals surface area contributed by atoms with E-state index in [1.54, 1.807) is 18.3 Å². The van der Waals surface area contributed by atoms with Gasteiger partial charge in [-0.3, -0.25) is 9.78 Å². The minimum atomic E-state index is -0.120. The van der Waals surface area contributed by atoms with E-state index in [2.05, 4.69) is 10.3 Å². The Morgan fingerprint density at radius 3 is 2.79 bits per heavy atom. The number of nitrogens with zero attached hydrogens (tertiary/aromatic N) is 1. The molecule has 1 fully saturated rings. The lowest BCUT2D eigenvalue weighted by atomic mass is 10.1. The third kappa shape index (κ3) is 2.78. The summed E-state index contributed by atoms with van der Waals surface area (Å²) in [5.74, 6) is 0.239. The highest BCUT2D eigenvalue weighted by Gasteiger charge is 2.18. The molecule has 4 nitrogen and oxygen atoms in total. The topological polar surface area (TPSA) is 55.1 Å². The first-order chi connectivity index (χ1) is 9.33. The number of hydrogen-bond acceptors (Lipinski definition) is 3. The fourth-order valence-corrected chi connectivity index (χ4v) is 2.66. The molecule has 1 N–H and O–H groups in total. The zero-order valence-corrected chi connectivity index (χ0v) is 10.9. The van der Waals surface area contributed by atoms with Crippen LogP contribution in [0.3, 0.4) is 0 Å². The van der Waals surface area contributed by atoms with Crippen LogP contribution in [0.2, 0.25) is 0 Å². The molecule has 1 amide bonds. The molecule has 2 heterocycles. The molecule has 3 rings (SSSR count). The van der Waals surface area contributed by atoms with Crippen LogP contribution in [0.1, 0.15) is 49.1 Å². The van der Waals surface area contributed by atoms with Gasteiger partial charge in [-0.2, -0.15) is 0 Å². The summed E-state index contributed by atoms with van der Waals surface area (Å²) in [5, 5.41) is 3.08. The Balaban J connectivity index is 1.72. The summed E-state index contributed by atoms with van der Waals surface area (Å²) in [5.41, 5.74) is 1.39. The Morgan fingerprint density at radius 2 is 2.05 bits per heavy atom. The average Bonchev–Trinajstić information content (AvgIpc) is 2.70. The van der Waals surface area contributed by atoms with Gasteiger partial charge in [0, 0.05) is 18.3 Å². The molecule has 100 valence electrons. The maximum atomic E-state index is 12.2. The van der Waals surface area contributed by atoms with E-state index in [0.717, 1.165) is 18.4 Å². The van der Waals surface area contributed by atoms with Gasteiger partial charge in [0.15, 0.2) is 11.3 Å². The number of hydrogen-bond donors (Lipinski definition) is 1. The van der Waals surface area contributed by atoms with Gasteiger partial charge >= 0.3 is 0 Å². The molecule has 19 heavy (non-hydrogen) atoms. The van der Waals surface area contributed by atoms with Crippen molar-refractivity contribution in [2.24, 2.45) is 0 Å². The van der Waals surface area contributed by atoms with E-state index in [1.165, 1.54) is 25.7 Å². The van der Waals surface area contributed by atoms with Crippen LogP contribution < -0.4 is 5.32 Å². The molecule has 1 aliphatic carbocycles. The van der Waals surface area contributed by atoms with Crippen LogP contribution in [0.15, 0.2) is 28.8 Å². The van der Waals surface area contributed by atoms with E-state index < -0.39 is 0 Å². The number of amides is 1. The van der Waals surface area contributed by atoms with Crippen molar-refractivity contribution in [1.82, 2.24) is 10.3 Å². The van der Waals surface area contributed by atoms with Crippen molar-refractivity contribution >= 4 is 17.0 Å². The maximum Gasteiger partial charge on any atom is 0.287 e. The van der Waals surface area contributed by atoms with Crippen molar-refractivity contribution in [3.63, 3.8) is 0 Å². The Labute approximate surface area is 112 Å². The summed E-state index contributed by atoms with van der Waals surface area (Å²) in [6.45, 7) is 0. The molecule has 0 spiro atoms. The smallest absolute Gasteiger partial charge is 0.287 e. The highest BCUT2D eigenvalue weighted by atomic mass is 16.3. The minimum absolute atomic E-state index is 0.120. The molecule has 0 aromatic carbocycles. The van der Waals surface area contributed by atoms with Crippen molar-refractivity contribution in [2.45, 2.75) is 44.6 Å². The van der Waals surface area contributed by atoms with Gasteiger partial charge in [0.2, 0.25) is 0 Å². The maximum absolute atomic E-state index is 12.2. The lowest BCUT2D eigenvalue weighted by molar-refractivity contribution is 0.0907. The molecule has 0 aliphatic heterocycles. The largest absolute Gasteiger partial charge is 0.449 e. The Bertz CT molecular complexity index is 535. The van der Waals surface area contributed by atoms with Gasteiger partial charge in [0.25, 0.3) is 5.91 Å². The molecular weight excluding hydrogens is 240 g/mol. The Kier molecular flexibility index (Phi) is 3.49.